The lowest BCUT2D eigenvalue weighted by Crippen LogP contribution is -2.66. The molecule has 12 nitrogen and oxygen atoms in total. The van der Waals surface area contributed by atoms with Gasteiger partial charge in [-0.3, -0.25) is 19.2 Å². The standard InChI is InChI=1S/C21H27NO11S/c1-11-6-8-16(9-7-11)34(27,28)22-18-20(31-14(4)25)19(30-13(3)24)17(10-29-12(2)23)33-21(18)32-15(5)26/h6-9,17-22H,10H2,1-5H3/t17-,18+,19+,20-,21-/m0/s1. The summed E-state index contributed by atoms with van der Waals surface area (Å²) in [6, 6.07) is 4.36. The summed E-state index contributed by atoms with van der Waals surface area (Å²) in [5.41, 5.74) is 0.818. The summed E-state index contributed by atoms with van der Waals surface area (Å²) in [7, 11) is -4.25. The highest BCUT2D eigenvalue weighted by atomic mass is 32.2. The Kier molecular flexibility index (Phi) is 9.13. The van der Waals surface area contributed by atoms with Gasteiger partial charge in [-0.05, 0) is 19.1 Å². The highest BCUT2D eigenvalue weighted by molar-refractivity contribution is 7.89. The van der Waals surface area contributed by atoms with Crippen LogP contribution in [0.3, 0.4) is 0 Å². The third-order valence-electron chi connectivity index (χ3n) is 4.61. The van der Waals surface area contributed by atoms with Crippen molar-refractivity contribution in [3.8, 4) is 0 Å². The van der Waals surface area contributed by atoms with Gasteiger partial charge in [-0.1, -0.05) is 17.7 Å². The average molecular weight is 502 g/mol. The van der Waals surface area contributed by atoms with Gasteiger partial charge in [0.05, 0.1) is 4.90 Å². The quantitative estimate of drug-likeness (QED) is 0.387. The minimum atomic E-state index is -4.25. The Labute approximate surface area is 196 Å². The van der Waals surface area contributed by atoms with Gasteiger partial charge in [0.1, 0.15) is 18.8 Å². The highest BCUT2D eigenvalue weighted by Crippen LogP contribution is 2.29. The summed E-state index contributed by atoms with van der Waals surface area (Å²) in [5.74, 6) is -3.15. The second-order valence-electron chi connectivity index (χ2n) is 7.56. The monoisotopic (exact) mass is 501 g/mol. The minimum absolute atomic E-state index is 0.118. The zero-order valence-corrected chi connectivity index (χ0v) is 20.1. The summed E-state index contributed by atoms with van der Waals surface area (Å²) in [5, 5.41) is 0. The number of esters is 4. The van der Waals surface area contributed by atoms with Gasteiger partial charge in [0.15, 0.2) is 12.2 Å². The second-order valence-corrected chi connectivity index (χ2v) is 9.28. The van der Waals surface area contributed by atoms with Crippen LogP contribution in [0.4, 0.5) is 0 Å². The molecule has 1 N–H and O–H groups in total. The Bertz CT molecular complexity index is 1020. The molecule has 1 aliphatic rings. The first kappa shape index (κ1) is 27.2. The SMILES string of the molecule is CC(=O)OC[C@@H]1O[C@H](OC(C)=O)[C@H](NS(=O)(=O)c2ccc(C)cc2)[C@H](OC(C)=O)[C@@H]1OC(C)=O. The van der Waals surface area contributed by atoms with Crippen LogP contribution in [-0.2, 0) is 52.9 Å². The molecule has 0 aliphatic carbocycles. The second kappa shape index (κ2) is 11.4. The van der Waals surface area contributed by atoms with E-state index in [1.54, 1.807) is 19.1 Å². The van der Waals surface area contributed by atoms with Crippen LogP contribution in [0.15, 0.2) is 29.2 Å². The molecule has 1 aromatic rings. The fourth-order valence-corrected chi connectivity index (χ4v) is 4.49. The molecule has 188 valence electrons. The summed E-state index contributed by atoms with van der Waals surface area (Å²) >= 11 is 0. The zero-order valence-electron chi connectivity index (χ0n) is 19.3. The highest BCUT2D eigenvalue weighted by Gasteiger charge is 2.53. The van der Waals surface area contributed by atoms with Gasteiger partial charge < -0.3 is 23.7 Å². The first-order valence-corrected chi connectivity index (χ1v) is 11.7. The molecular formula is C21H27NO11S. The molecule has 1 heterocycles. The van der Waals surface area contributed by atoms with Crippen molar-refractivity contribution in [2.24, 2.45) is 0 Å². The fourth-order valence-electron chi connectivity index (χ4n) is 3.26. The number of benzene rings is 1. The van der Waals surface area contributed by atoms with E-state index in [-0.39, 0.29) is 4.90 Å². The van der Waals surface area contributed by atoms with Crippen molar-refractivity contribution < 1.29 is 51.3 Å². The molecule has 0 saturated carbocycles. The topological polar surface area (TPSA) is 161 Å². The van der Waals surface area contributed by atoms with Crippen LogP contribution in [0.5, 0.6) is 0 Å². The molecule has 1 saturated heterocycles. The lowest BCUT2D eigenvalue weighted by Gasteiger charge is -2.44. The van der Waals surface area contributed by atoms with Crippen LogP contribution in [-0.4, -0.2) is 69.5 Å². The molecule has 0 radical (unpaired) electrons. The van der Waals surface area contributed by atoms with Gasteiger partial charge in [0, 0.05) is 27.7 Å². The summed E-state index contributed by atoms with van der Waals surface area (Å²) < 4.78 is 54.8. The third kappa shape index (κ3) is 7.50. The van der Waals surface area contributed by atoms with Crippen LogP contribution in [0, 0.1) is 6.92 Å². The van der Waals surface area contributed by atoms with Crippen molar-refractivity contribution in [3.63, 3.8) is 0 Å². The molecule has 1 aromatic carbocycles. The lowest BCUT2D eigenvalue weighted by molar-refractivity contribution is -0.269. The molecule has 0 bridgehead atoms. The summed E-state index contributed by atoms with van der Waals surface area (Å²) in [6.45, 7) is 5.66. The van der Waals surface area contributed by atoms with Gasteiger partial charge in [-0.25, -0.2) is 8.42 Å². The molecule has 0 amide bonds. The number of carbonyl (C=O) groups is 4. The predicted octanol–water partition coefficient (Wildman–Crippen LogP) is 0.356. The first-order chi connectivity index (χ1) is 15.8. The maximum absolute atomic E-state index is 13.1. The van der Waals surface area contributed by atoms with E-state index in [0.717, 1.165) is 33.3 Å². The number of hydrogen-bond donors (Lipinski definition) is 1. The Balaban J connectivity index is 2.52. The van der Waals surface area contributed by atoms with Crippen molar-refractivity contribution in [1.29, 1.82) is 0 Å². The number of sulfonamides is 1. The number of ether oxygens (including phenoxy) is 5. The Morgan fingerprint density at radius 1 is 0.853 bits per heavy atom. The number of aryl methyl sites for hydroxylation is 1. The van der Waals surface area contributed by atoms with Crippen LogP contribution in [0.1, 0.15) is 33.3 Å². The number of rotatable bonds is 8. The smallest absolute Gasteiger partial charge is 0.304 e. The van der Waals surface area contributed by atoms with Crippen LogP contribution in [0.25, 0.3) is 0 Å². The van der Waals surface area contributed by atoms with E-state index >= 15 is 0 Å². The normalized spacial score (nSPS) is 24.6. The fraction of sp³-hybridized carbons (Fsp3) is 0.524. The van der Waals surface area contributed by atoms with Gasteiger partial charge in [-0.15, -0.1) is 0 Å². The molecule has 0 aromatic heterocycles. The van der Waals surface area contributed by atoms with E-state index in [2.05, 4.69) is 4.72 Å². The number of hydrogen-bond acceptors (Lipinski definition) is 11. The van der Waals surface area contributed by atoms with Crippen molar-refractivity contribution in [1.82, 2.24) is 4.72 Å². The summed E-state index contributed by atoms with van der Waals surface area (Å²) in [6.07, 6.45) is -5.77. The van der Waals surface area contributed by atoms with Crippen molar-refractivity contribution in [2.75, 3.05) is 6.61 Å². The minimum Gasteiger partial charge on any atom is -0.463 e. The molecular weight excluding hydrogens is 474 g/mol. The van der Waals surface area contributed by atoms with Crippen LogP contribution < -0.4 is 4.72 Å². The molecule has 1 fully saturated rings. The molecule has 0 unspecified atom stereocenters. The third-order valence-corrected chi connectivity index (χ3v) is 6.08. The van der Waals surface area contributed by atoms with Crippen molar-refractivity contribution in [2.45, 2.75) is 70.2 Å². The zero-order chi connectivity index (χ0) is 25.6. The number of nitrogens with one attached hydrogen (secondary N) is 1. The van der Waals surface area contributed by atoms with E-state index in [9.17, 15) is 27.6 Å². The van der Waals surface area contributed by atoms with E-state index in [1.165, 1.54) is 12.1 Å². The predicted molar refractivity (Wildman–Crippen MR) is 113 cm³/mol. The van der Waals surface area contributed by atoms with Crippen molar-refractivity contribution in [3.05, 3.63) is 29.8 Å². The Morgan fingerprint density at radius 3 is 1.88 bits per heavy atom. The maximum Gasteiger partial charge on any atom is 0.304 e. The Morgan fingerprint density at radius 2 is 1.38 bits per heavy atom. The molecule has 34 heavy (non-hydrogen) atoms. The molecule has 13 heteroatoms. The van der Waals surface area contributed by atoms with Gasteiger partial charge >= 0.3 is 23.9 Å². The van der Waals surface area contributed by atoms with E-state index in [4.69, 9.17) is 23.7 Å². The average Bonchev–Trinajstić information content (AvgIpc) is 2.70. The van der Waals surface area contributed by atoms with E-state index in [0.29, 0.717) is 0 Å². The van der Waals surface area contributed by atoms with E-state index < -0.39 is 71.2 Å². The van der Waals surface area contributed by atoms with Gasteiger partial charge in [0.2, 0.25) is 16.3 Å². The van der Waals surface area contributed by atoms with E-state index in [1.807, 2.05) is 0 Å². The molecule has 1 aliphatic heterocycles. The lowest BCUT2D eigenvalue weighted by atomic mass is 9.97. The first-order valence-electron chi connectivity index (χ1n) is 10.2. The molecule has 0 spiro atoms. The largest absolute Gasteiger partial charge is 0.463 e. The van der Waals surface area contributed by atoms with Crippen molar-refractivity contribution >= 4 is 33.9 Å². The van der Waals surface area contributed by atoms with Crippen LogP contribution >= 0.6 is 0 Å². The maximum atomic E-state index is 13.1. The van der Waals surface area contributed by atoms with Gasteiger partial charge in [-0.2, -0.15) is 4.72 Å². The summed E-state index contributed by atoms with van der Waals surface area (Å²) in [4.78, 5) is 46.6. The molecule has 5 atom stereocenters. The number of carbonyl (C=O) groups excluding carboxylic acids is 4. The van der Waals surface area contributed by atoms with Gasteiger partial charge in [0.25, 0.3) is 0 Å². The van der Waals surface area contributed by atoms with Crippen LogP contribution in [0.2, 0.25) is 0 Å². The molecule has 2 rings (SSSR count). The Hall–Kier alpha value is -3.03.